The van der Waals surface area contributed by atoms with Crippen molar-refractivity contribution < 1.29 is 18.6 Å². The third kappa shape index (κ3) is 4.66. The second-order valence-corrected chi connectivity index (χ2v) is 14.0. The molecule has 2 aromatic heterocycles. The van der Waals surface area contributed by atoms with Gasteiger partial charge in [-0.25, -0.2) is 8.78 Å². The SMILES string of the molecule is C#Cc1c(F)ccc2cc(O)cc(-c3ncc4c(N5C[C@H]6CC[C@@H](C5)N6)nc(OC[C@]5(C)CN(CC)CCC56CC6)nc4c3F)c12. The fourth-order valence-corrected chi connectivity index (χ4v) is 8.35. The lowest BCUT2D eigenvalue weighted by molar-refractivity contribution is -0.0119. The van der Waals surface area contributed by atoms with Gasteiger partial charge >= 0.3 is 6.01 Å². The number of hydrogen-bond acceptors (Lipinski definition) is 8. The molecule has 2 bridgehead atoms. The number of fused-ring (bicyclic) bond motifs is 4. The Balaban J connectivity index is 1.26. The van der Waals surface area contributed by atoms with Crippen molar-refractivity contribution in [2.45, 2.75) is 58.0 Å². The first-order valence-corrected chi connectivity index (χ1v) is 16.4. The normalized spacial score (nSPS) is 25.3. The average Bonchev–Trinajstić information content (AvgIpc) is 3.77. The van der Waals surface area contributed by atoms with Gasteiger partial charge in [0.25, 0.3) is 0 Å². The molecule has 5 heterocycles. The van der Waals surface area contributed by atoms with E-state index in [2.05, 4.69) is 44.9 Å². The summed E-state index contributed by atoms with van der Waals surface area (Å²) in [6, 6.07) is 6.39. The molecule has 0 radical (unpaired) electrons. The quantitative estimate of drug-likeness (QED) is 0.267. The summed E-state index contributed by atoms with van der Waals surface area (Å²) in [5.41, 5.74) is 0.339. The van der Waals surface area contributed by atoms with Gasteiger partial charge in [-0.2, -0.15) is 9.97 Å². The molecule has 4 fully saturated rings. The molecule has 1 spiro atoms. The highest BCUT2D eigenvalue weighted by Gasteiger charge is 2.59. The fourth-order valence-electron chi connectivity index (χ4n) is 8.35. The number of benzene rings is 2. The van der Waals surface area contributed by atoms with E-state index in [0.29, 0.717) is 40.7 Å². The number of pyridine rings is 1. The molecule has 238 valence electrons. The smallest absolute Gasteiger partial charge is 0.319 e. The van der Waals surface area contributed by atoms with E-state index in [4.69, 9.17) is 16.1 Å². The van der Waals surface area contributed by atoms with Gasteiger partial charge in [-0.1, -0.05) is 25.8 Å². The number of hydrogen-bond donors (Lipinski definition) is 2. The Hall–Kier alpha value is -4.07. The highest BCUT2D eigenvalue weighted by Crippen LogP contribution is 2.63. The van der Waals surface area contributed by atoms with Gasteiger partial charge in [0.15, 0.2) is 5.82 Å². The van der Waals surface area contributed by atoms with Crippen LogP contribution in [0.15, 0.2) is 30.5 Å². The van der Waals surface area contributed by atoms with Gasteiger partial charge in [0, 0.05) is 54.3 Å². The van der Waals surface area contributed by atoms with Crippen LogP contribution in [0.25, 0.3) is 32.9 Å². The number of piperidine rings is 1. The third-order valence-corrected chi connectivity index (χ3v) is 11.2. The zero-order valence-corrected chi connectivity index (χ0v) is 26.2. The Morgan fingerprint density at radius 3 is 2.63 bits per heavy atom. The first kappa shape index (κ1) is 29.3. The standard InChI is InChI=1S/C36H38F2N6O2/c1-4-25-28(37)9-6-21-14-24(45)15-26(29(21)25)31-30(38)32-27(16-39-31)33(44-17-22-7-8-23(18-44)40-22)42-34(41-32)46-20-35(3)19-43(5-2)13-12-36(35)10-11-36/h1,6,9,14-16,22-23,40,45H,5,7-8,10-13,17-20H2,2-3H3/t22-,23+,35-/m0/s1. The number of ether oxygens (including phenoxy) is 1. The van der Waals surface area contributed by atoms with Crippen molar-refractivity contribution in [3.63, 3.8) is 0 Å². The Morgan fingerprint density at radius 1 is 1.13 bits per heavy atom. The lowest BCUT2D eigenvalue weighted by Crippen LogP contribution is -2.51. The zero-order valence-electron chi connectivity index (χ0n) is 26.2. The molecular weight excluding hydrogens is 586 g/mol. The molecule has 4 aromatic rings. The number of nitrogens with zero attached hydrogens (tertiary/aromatic N) is 5. The van der Waals surface area contributed by atoms with E-state index in [1.165, 1.54) is 37.1 Å². The van der Waals surface area contributed by atoms with Crippen LogP contribution in [0.2, 0.25) is 0 Å². The summed E-state index contributed by atoms with van der Waals surface area (Å²) in [7, 11) is 0. The molecule has 2 N–H and O–H groups in total. The summed E-state index contributed by atoms with van der Waals surface area (Å²) >= 11 is 0. The molecule has 8 rings (SSSR count). The largest absolute Gasteiger partial charge is 0.508 e. The number of aromatic nitrogens is 3. The number of anilines is 1. The second-order valence-electron chi connectivity index (χ2n) is 14.0. The van der Waals surface area contributed by atoms with Crippen LogP contribution in [0.5, 0.6) is 11.8 Å². The lowest BCUT2D eigenvalue weighted by Gasteiger charge is -2.46. The zero-order chi connectivity index (χ0) is 31.8. The van der Waals surface area contributed by atoms with Crippen molar-refractivity contribution in [1.82, 2.24) is 25.2 Å². The van der Waals surface area contributed by atoms with Crippen molar-refractivity contribution in [2.24, 2.45) is 10.8 Å². The van der Waals surface area contributed by atoms with Crippen LogP contribution in [-0.4, -0.2) is 76.4 Å². The molecule has 8 nitrogen and oxygen atoms in total. The number of piperazine rings is 1. The van der Waals surface area contributed by atoms with Crippen molar-refractivity contribution in [2.75, 3.05) is 44.2 Å². The van der Waals surface area contributed by atoms with Gasteiger partial charge in [-0.15, -0.1) is 6.42 Å². The van der Waals surface area contributed by atoms with Crippen LogP contribution in [0.4, 0.5) is 14.6 Å². The van der Waals surface area contributed by atoms with Crippen LogP contribution in [0.3, 0.4) is 0 Å². The summed E-state index contributed by atoms with van der Waals surface area (Å²) < 4.78 is 38.2. The molecule has 0 unspecified atom stereocenters. The summed E-state index contributed by atoms with van der Waals surface area (Å²) in [5, 5.41) is 15.5. The molecule has 2 aromatic carbocycles. The number of nitrogens with one attached hydrogen (secondary N) is 1. The molecule has 3 saturated heterocycles. The van der Waals surface area contributed by atoms with Crippen LogP contribution >= 0.6 is 0 Å². The monoisotopic (exact) mass is 624 g/mol. The molecule has 1 aliphatic carbocycles. The molecule has 4 aliphatic rings. The number of rotatable bonds is 6. The third-order valence-electron chi connectivity index (χ3n) is 11.2. The molecule has 1 saturated carbocycles. The van der Waals surface area contributed by atoms with Crippen LogP contribution in [-0.2, 0) is 0 Å². The van der Waals surface area contributed by atoms with Crippen molar-refractivity contribution in [3.8, 4) is 35.4 Å². The molecule has 3 atom stereocenters. The number of likely N-dealkylation sites (tertiary alicyclic amines) is 1. The maximum Gasteiger partial charge on any atom is 0.319 e. The minimum atomic E-state index is -0.706. The first-order valence-electron chi connectivity index (χ1n) is 16.4. The Kier molecular flexibility index (Phi) is 6.85. The van der Waals surface area contributed by atoms with E-state index in [1.54, 1.807) is 6.20 Å². The Morgan fingerprint density at radius 2 is 1.91 bits per heavy atom. The fraction of sp³-hybridized carbons (Fsp3) is 0.472. The topological polar surface area (TPSA) is 86.6 Å². The van der Waals surface area contributed by atoms with Crippen molar-refractivity contribution >= 4 is 27.5 Å². The predicted octanol–water partition coefficient (Wildman–Crippen LogP) is 5.64. The lowest BCUT2D eigenvalue weighted by atomic mass is 9.70. The van der Waals surface area contributed by atoms with Gasteiger partial charge in [0.2, 0.25) is 0 Å². The van der Waals surface area contributed by atoms with Crippen LogP contribution < -0.4 is 15.0 Å². The van der Waals surface area contributed by atoms with Crippen molar-refractivity contribution in [3.05, 3.63) is 47.7 Å². The Bertz CT molecular complexity index is 1910. The number of terminal acetylenes is 1. The molecule has 0 amide bonds. The predicted molar refractivity (Wildman–Crippen MR) is 174 cm³/mol. The molecule has 46 heavy (non-hydrogen) atoms. The van der Waals surface area contributed by atoms with E-state index in [9.17, 15) is 9.50 Å². The van der Waals surface area contributed by atoms with Crippen LogP contribution in [0, 0.1) is 34.8 Å². The first-order chi connectivity index (χ1) is 22.2. The number of phenolic OH excluding ortho intramolecular Hbond substituents is 1. The van der Waals surface area contributed by atoms with Crippen LogP contribution in [0.1, 0.15) is 51.5 Å². The minimum Gasteiger partial charge on any atom is -0.508 e. The summed E-state index contributed by atoms with van der Waals surface area (Å²) in [6.45, 7) is 9.42. The van der Waals surface area contributed by atoms with Gasteiger partial charge in [0.1, 0.15) is 28.6 Å². The Labute approximate surface area is 267 Å². The van der Waals surface area contributed by atoms with Gasteiger partial charge in [-0.3, -0.25) is 4.98 Å². The van der Waals surface area contributed by atoms with Gasteiger partial charge < -0.3 is 25.0 Å². The van der Waals surface area contributed by atoms with E-state index in [0.717, 1.165) is 52.0 Å². The summed E-state index contributed by atoms with van der Waals surface area (Å²) in [6.07, 6.45) is 13.0. The van der Waals surface area contributed by atoms with Gasteiger partial charge in [-0.05, 0) is 74.2 Å². The maximum absolute atomic E-state index is 16.9. The summed E-state index contributed by atoms with van der Waals surface area (Å²) in [4.78, 5) is 18.8. The van der Waals surface area contributed by atoms with Gasteiger partial charge in [0.05, 0.1) is 17.6 Å². The number of phenols is 1. The maximum atomic E-state index is 16.9. The minimum absolute atomic E-state index is 0.0201. The molecule has 3 aliphatic heterocycles. The summed E-state index contributed by atoms with van der Waals surface area (Å²) in [5.74, 6) is 1.57. The highest BCUT2D eigenvalue weighted by molar-refractivity contribution is 6.03. The molecular formula is C36H38F2N6O2. The van der Waals surface area contributed by atoms with Crippen molar-refractivity contribution in [1.29, 1.82) is 0 Å². The number of halogens is 2. The van der Waals surface area contributed by atoms with E-state index < -0.39 is 11.6 Å². The van der Waals surface area contributed by atoms with E-state index in [-0.39, 0.29) is 44.9 Å². The molecule has 10 heteroatoms. The highest BCUT2D eigenvalue weighted by atomic mass is 19.1. The van der Waals surface area contributed by atoms with E-state index in [1.807, 2.05) is 0 Å². The second kappa shape index (κ2) is 10.7. The number of aromatic hydroxyl groups is 1. The van der Waals surface area contributed by atoms with E-state index >= 15 is 4.39 Å². The average molecular weight is 625 g/mol.